The van der Waals surface area contributed by atoms with Crippen molar-refractivity contribution < 1.29 is 4.39 Å². The van der Waals surface area contributed by atoms with Crippen molar-refractivity contribution in [2.75, 3.05) is 0 Å². The molecule has 0 nitrogen and oxygen atoms in total. The summed E-state index contributed by atoms with van der Waals surface area (Å²) in [5.74, 6) is -0.159. The quantitative estimate of drug-likeness (QED) is 0.487. The van der Waals surface area contributed by atoms with Gasteiger partial charge < -0.3 is 0 Å². The zero-order valence-corrected chi connectivity index (χ0v) is 7.64. The second kappa shape index (κ2) is 2.42. The van der Waals surface area contributed by atoms with Gasteiger partial charge in [0.1, 0.15) is 9.90 Å². The molecule has 0 aromatic heterocycles. The van der Waals surface area contributed by atoms with Gasteiger partial charge in [-0.25, -0.2) is 4.39 Å². The molecule has 1 saturated heterocycles. The third kappa shape index (κ3) is 1.40. The summed E-state index contributed by atoms with van der Waals surface area (Å²) in [4.78, 5) is 0. The van der Waals surface area contributed by atoms with Crippen molar-refractivity contribution in [1.82, 2.24) is 0 Å². The summed E-state index contributed by atoms with van der Waals surface area (Å²) in [7, 11) is 3.65. The maximum absolute atomic E-state index is 12.5. The third-order valence-electron chi connectivity index (χ3n) is 1.70. The average Bonchev–Trinajstić information content (AvgIpc) is 2.70. The van der Waals surface area contributed by atoms with Crippen LogP contribution in [0.3, 0.4) is 0 Å². The Balaban J connectivity index is 2.33. The number of hydrogen-bond acceptors (Lipinski definition) is 2. The number of halogens is 1. The van der Waals surface area contributed by atoms with Crippen LogP contribution >= 0.6 is 21.6 Å². The SMILES string of the molecule is CC1(c2ccc(F)cc2)SS1. The van der Waals surface area contributed by atoms with Crippen molar-refractivity contribution in [3.8, 4) is 0 Å². The van der Waals surface area contributed by atoms with Crippen molar-refractivity contribution in [3.63, 3.8) is 0 Å². The fraction of sp³-hybridized carbons (Fsp3) is 0.250. The minimum Gasteiger partial charge on any atom is -0.207 e. The Morgan fingerprint density at radius 2 is 1.73 bits per heavy atom. The summed E-state index contributed by atoms with van der Waals surface area (Å²) in [6, 6.07) is 6.73. The average molecular weight is 186 g/mol. The van der Waals surface area contributed by atoms with Gasteiger partial charge in [0.2, 0.25) is 0 Å². The minimum atomic E-state index is -0.159. The topological polar surface area (TPSA) is 0 Å². The molecule has 0 N–H and O–H groups in total. The second-order valence-electron chi connectivity index (χ2n) is 2.62. The molecule has 0 amide bonds. The monoisotopic (exact) mass is 186 g/mol. The van der Waals surface area contributed by atoms with Gasteiger partial charge in [0.25, 0.3) is 0 Å². The van der Waals surface area contributed by atoms with Crippen LogP contribution in [-0.4, -0.2) is 0 Å². The highest BCUT2D eigenvalue weighted by atomic mass is 33.2. The van der Waals surface area contributed by atoms with E-state index in [1.807, 2.05) is 33.7 Å². The van der Waals surface area contributed by atoms with Crippen molar-refractivity contribution in [2.24, 2.45) is 0 Å². The lowest BCUT2D eigenvalue weighted by Gasteiger charge is -2.02. The predicted molar refractivity (Wildman–Crippen MR) is 48.9 cm³/mol. The van der Waals surface area contributed by atoms with E-state index in [-0.39, 0.29) is 9.90 Å². The predicted octanol–water partition coefficient (Wildman–Crippen LogP) is 3.39. The molecule has 0 atom stereocenters. The van der Waals surface area contributed by atoms with Gasteiger partial charge >= 0.3 is 0 Å². The van der Waals surface area contributed by atoms with Gasteiger partial charge in [0, 0.05) is 0 Å². The molecule has 1 aliphatic rings. The normalized spacial score (nSPS) is 19.8. The van der Waals surface area contributed by atoms with Gasteiger partial charge in [-0.1, -0.05) is 33.7 Å². The van der Waals surface area contributed by atoms with Gasteiger partial charge in [-0.05, 0) is 24.6 Å². The molecule has 2 rings (SSSR count). The molecule has 0 unspecified atom stereocenters. The maximum Gasteiger partial charge on any atom is 0.123 e. The highest BCUT2D eigenvalue weighted by Crippen LogP contribution is 2.70. The summed E-state index contributed by atoms with van der Waals surface area (Å²) in [5, 5.41) is 0. The lowest BCUT2D eigenvalue weighted by atomic mass is 10.1. The first kappa shape index (κ1) is 7.50. The van der Waals surface area contributed by atoms with Gasteiger partial charge in [-0.3, -0.25) is 0 Å². The van der Waals surface area contributed by atoms with Crippen LogP contribution in [0.4, 0.5) is 4.39 Å². The van der Waals surface area contributed by atoms with Gasteiger partial charge in [0.15, 0.2) is 0 Å². The first-order valence-electron chi connectivity index (χ1n) is 3.34. The van der Waals surface area contributed by atoms with E-state index in [0.29, 0.717) is 0 Å². The Morgan fingerprint density at radius 1 is 1.18 bits per heavy atom. The van der Waals surface area contributed by atoms with Crippen LogP contribution in [0.15, 0.2) is 24.3 Å². The van der Waals surface area contributed by atoms with Crippen molar-refractivity contribution in [2.45, 2.75) is 11.0 Å². The Kier molecular flexibility index (Phi) is 1.65. The molecule has 1 aromatic rings. The van der Waals surface area contributed by atoms with Crippen LogP contribution in [0, 0.1) is 5.82 Å². The number of hydrogen-bond donors (Lipinski definition) is 0. The Morgan fingerprint density at radius 3 is 2.18 bits per heavy atom. The van der Waals surface area contributed by atoms with Crippen LogP contribution in [0.5, 0.6) is 0 Å². The summed E-state index contributed by atoms with van der Waals surface area (Å²) in [6.07, 6.45) is 0. The molecular formula is C8H7FS2. The molecule has 1 aromatic carbocycles. The standard InChI is InChI=1S/C8H7FS2/c1-8(10-11-8)6-2-4-7(9)5-3-6/h2-5H,1H3. The zero-order valence-electron chi connectivity index (χ0n) is 6.00. The summed E-state index contributed by atoms with van der Waals surface area (Å²) >= 11 is 0. The summed E-state index contributed by atoms with van der Waals surface area (Å²) in [6.45, 7) is 2.15. The van der Waals surface area contributed by atoms with E-state index in [0.717, 1.165) is 0 Å². The summed E-state index contributed by atoms with van der Waals surface area (Å²) in [5.41, 5.74) is 1.20. The number of benzene rings is 1. The molecule has 0 radical (unpaired) electrons. The molecule has 0 spiro atoms. The van der Waals surface area contributed by atoms with E-state index in [2.05, 4.69) is 6.92 Å². The summed E-state index contributed by atoms with van der Waals surface area (Å²) < 4.78 is 12.7. The Bertz CT molecular complexity index is 264. The largest absolute Gasteiger partial charge is 0.207 e. The molecule has 3 heteroatoms. The van der Waals surface area contributed by atoms with E-state index in [9.17, 15) is 4.39 Å². The fourth-order valence-corrected chi connectivity index (χ4v) is 2.45. The molecule has 11 heavy (non-hydrogen) atoms. The number of rotatable bonds is 1. The van der Waals surface area contributed by atoms with Gasteiger partial charge in [-0.2, -0.15) is 0 Å². The molecule has 58 valence electrons. The molecular weight excluding hydrogens is 179 g/mol. The molecule has 1 heterocycles. The molecule has 0 aliphatic carbocycles. The zero-order chi connectivity index (χ0) is 7.90. The lowest BCUT2D eigenvalue weighted by Crippen LogP contribution is -1.94. The highest BCUT2D eigenvalue weighted by molar-refractivity contribution is 8.92. The van der Waals surface area contributed by atoms with E-state index < -0.39 is 0 Å². The molecule has 1 fully saturated rings. The van der Waals surface area contributed by atoms with Crippen LogP contribution < -0.4 is 0 Å². The van der Waals surface area contributed by atoms with E-state index >= 15 is 0 Å². The molecule has 1 aliphatic heterocycles. The fourth-order valence-electron chi connectivity index (χ4n) is 0.911. The first-order valence-corrected chi connectivity index (χ1v) is 5.49. The van der Waals surface area contributed by atoms with Gasteiger partial charge in [0.05, 0.1) is 0 Å². The van der Waals surface area contributed by atoms with Crippen molar-refractivity contribution in [3.05, 3.63) is 35.6 Å². The van der Waals surface area contributed by atoms with E-state index in [1.165, 1.54) is 17.7 Å². The van der Waals surface area contributed by atoms with Gasteiger partial charge in [-0.15, -0.1) is 0 Å². The van der Waals surface area contributed by atoms with Crippen LogP contribution in [0.2, 0.25) is 0 Å². The molecule has 0 saturated carbocycles. The van der Waals surface area contributed by atoms with Crippen LogP contribution in [0.25, 0.3) is 0 Å². The highest BCUT2D eigenvalue weighted by Gasteiger charge is 2.42. The van der Waals surface area contributed by atoms with Crippen LogP contribution in [-0.2, 0) is 4.08 Å². The maximum atomic E-state index is 12.5. The lowest BCUT2D eigenvalue weighted by molar-refractivity contribution is 0.627. The minimum absolute atomic E-state index is 0.159. The molecule has 0 bridgehead atoms. The van der Waals surface area contributed by atoms with Crippen molar-refractivity contribution in [1.29, 1.82) is 0 Å². The van der Waals surface area contributed by atoms with Crippen molar-refractivity contribution >= 4 is 21.6 Å². The van der Waals surface area contributed by atoms with Crippen LogP contribution in [0.1, 0.15) is 12.5 Å². The van der Waals surface area contributed by atoms with E-state index in [1.54, 1.807) is 0 Å². The smallest absolute Gasteiger partial charge is 0.123 e. The Hall–Kier alpha value is -0.150. The Labute approximate surface area is 73.0 Å². The first-order chi connectivity index (χ1) is 5.21. The second-order valence-corrected chi connectivity index (χ2v) is 5.84. The van der Waals surface area contributed by atoms with E-state index in [4.69, 9.17) is 0 Å². The third-order valence-corrected chi connectivity index (χ3v) is 4.84.